The molecule has 4 aromatic rings. The van der Waals surface area contributed by atoms with Crippen molar-refractivity contribution in [2.75, 3.05) is 17.7 Å². The summed E-state index contributed by atoms with van der Waals surface area (Å²) < 4.78 is 4.97. The van der Waals surface area contributed by atoms with E-state index in [1.807, 2.05) is 0 Å². The second-order valence-corrected chi connectivity index (χ2v) is 5.70. The molecule has 4 rings (SSSR count). The molecular formula is C17H15N7O3. The van der Waals surface area contributed by atoms with Crippen LogP contribution in [0, 0.1) is 0 Å². The number of benzene rings is 1. The Morgan fingerprint density at radius 3 is 2.96 bits per heavy atom. The highest BCUT2D eigenvalue weighted by molar-refractivity contribution is 6.09. The Morgan fingerprint density at radius 2 is 2.15 bits per heavy atom. The van der Waals surface area contributed by atoms with Crippen molar-refractivity contribution in [3.8, 4) is 0 Å². The summed E-state index contributed by atoms with van der Waals surface area (Å²) in [5.74, 6) is -0.702. The lowest BCUT2D eigenvalue weighted by Crippen LogP contribution is -2.13. The predicted octanol–water partition coefficient (Wildman–Crippen LogP) is 1.85. The molecule has 27 heavy (non-hydrogen) atoms. The van der Waals surface area contributed by atoms with E-state index in [2.05, 4.69) is 30.5 Å². The molecule has 0 saturated heterocycles. The number of hydrogen-bond acceptors (Lipinski definition) is 7. The number of pyridine rings is 1. The molecule has 0 saturated carbocycles. The van der Waals surface area contributed by atoms with Gasteiger partial charge in [0.25, 0.3) is 5.91 Å². The Morgan fingerprint density at radius 1 is 1.30 bits per heavy atom. The van der Waals surface area contributed by atoms with E-state index in [1.165, 1.54) is 6.07 Å². The number of esters is 1. The topological polar surface area (TPSA) is 152 Å². The van der Waals surface area contributed by atoms with Crippen LogP contribution in [0.25, 0.3) is 22.1 Å². The average molecular weight is 365 g/mol. The number of nitrogens with one attached hydrogen (secondary N) is 3. The largest absolute Gasteiger partial charge is 0.462 e. The Hall–Kier alpha value is -3.95. The third-order valence-corrected chi connectivity index (χ3v) is 3.99. The minimum absolute atomic E-state index is 0.0205. The van der Waals surface area contributed by atoms with Gasteiger partial charge in [0.15, 0.2) is 11.5 Å². The zero-order chi connectivity index (χ0) is 19.0. The van der Waals surface area contributed by atoms with E-state index in [1.54, 1.807) is 31.5 Å². The molecular weight excluding hydrogens is 350 g/mol. The highest BCUT2D eigenvalue weighted by Gasteiger charge is 2.18. The maximum atomic E-state index is 12.6. The molecule has 0 aliphatic heterocycles. The number of H-pyrrole nitrogens is 2. The van der Waals surface area contributed by atoms with Crippen molar-refractivity contribution in [3.05, 3.63) is 41.7 Å². The van der Waals surface area contributed by atoms with Crippen molar-refractivity contribution in [3.63, 3.8) is 0 Å². The summed E-state index contributed by atoms with van der Waals surface area (Å²) in [5.41, 5.74) is 8.20. The molecule has 10 heteroatoms. The number of anilines is 2. The van der Waals surface area contributed by atoms with Gasteiger partial charge in [0.05, 0.1) is 29.4 Å². The van der Waals surface area contributed by atoms with Gasteiger partial charge in [0.1, 0.15) is 11.4 Å². The number of ether oxygens (including phenoxy) is 1. The Kier molecular flexibility index (Phi) is 3.92. The van der Waals surface area contributed by atoms with Gasteiger partial charge in [0.2, 0.25) is 0 Å². The number of aromatic amines is 2. The molecule has 0 spiro atoms. The van der Waals surface area contributed by atoms with Gasteiger partial charge in [0, 0.05) is 5.56 Å². The number of carbonyl (C=O) groups is 2. The van der Waals surface area contributed by atoms with Gasteiger partial charge >= 0.3 is 5.97 Å². The van der Waals surface area contributed by atoms with Crippen LogP contribution >= 0.6 is 0 Å². The Balaban J connectivity index is 1.67. The molecule has 0 aliphatic carbocycles. The minimum Gasteiger partial charge on any atom is -0.462 e. The molecule has 10 nitrogen and oxygen atoms in total. The highest BCUT2D eigenvalue weighted by atomic mass is 16.5. The molecule has 5 N–H and O–H groups in total. The lowest BCUT2D eigenvalue weighted by Gasteiger charge is -2.06. The van der Waals surface area contributed by atoms with Crippen molar-refractivity contribution in [2.45, 2.75) is 6.92 Å². The molecule has 0 aliphatic rings. The average Bonchev–Trinajstić information content (AvgIpc) is 3.27. The van der Waals surface area contributed by atoms with Crippen LogP contribution in [0.4, 0.5) is 11.6 Å². The molecule has 0 radical (unpaired) electrons. The summed E-state index contributed by atoms with van der Waals surface area (Å²) in [6, 6.07) is 6.58. The zero-order valence-corrected chi connectivity index (χ0v) is 14.2. The number of nitrogens with zero attached hydrogens (tertiary/aromatic N) is 3. The number of amides is 1. The fourth-order valence-corrected chi connectivity index (χ4v) is 2.69. The van der Waals surface area contributed by atoms with E-state index in [-0.39, 0.29) is 29.7 Å². The number of carbonyl (C=O) groups excluding carboxylic acids is 2. The number of nitrogens with two attached hydrogens (primary N) is 1. The normalized spacial score (nSPS) is 11.0. The second-order valence-electron chi connectivity index (χ2n) is 5.70. The van der Waals surface area contributed by atoms with Crippen LogP contribution in [0.1, 0.15) is 27.6 Å². The molecule has 1 aromatic carbocycles. The third-order valence-electron chi connectivity index (χ3n) is 3.99. The van der Waals surface area contributed by atoms with Crippen LogP contribution in [0.2, 0.25) is 0 Å². The quantitative estimate of drug-likeness (QED) is 0.403. The Labute approximate surface area is 152 Å². The van der Waals surface area contributed by atoms with Gasteiger partial charge in [-0.1, -0.05) is 0 Å². The van der Waals surface area contributed by atoms with E-state index in [9.17, 15) is 9.59 Å². The van der Waals surface area contributed by atoms with Gasteiger partial charge in [-0.15, -0.1) is 0 Å². The first kappa shape index (κ1) is 16.5. The van der Waals surface area contributed by atoms with Crippen LogP contribution in [0.15, 0.2) is 30.6 Å². The number of fused-ring (bicyclic) bond motifs is 2. The minimum atomic E-state index is -0.590. The monoisotopic (exact) mass is 365 g/mol. The molecule has 136 valence electrons. The molecule has 0 atom stereocenters. The molecule has 1 amide bonds. The molecule has 0 unspecified atom stereocenters. The van der Waals surface area contributed by atoms with Crippen LogP contribution in [-0.4, -0.2) is 43.6 Å². The summed E-state index contributed by atoms with van der Waals surface area (Å²) in [5, 5.41) is 9.89. The van der Waals surface area contributed by atoms with Gasteiger partial charge in [-0.2, -0.15) is 5.10 Å². The van der Waals surface area contributed by atoms with Crippen molar-refractivity contribution >= 4 is 45.6 Å². The van der Waals surface area contributed by atoms with Crippen molar-refractivity contribution in [1.29, 1.82) is 0 Å². The van der Waals surface area contributed by atoms with Crippen molar-refractivity contribution in [1.82, 2.24) is 25.1 Å². The smallest absolute Gasteiger partial charge is 0.341 e. The van der Waals surface area contributed by atoms with Gasteiger partial charge in [-0.05, 0) is 31.2 Å². The predicted molar refractivity (Wildman–Crippen MR) is 98.3 cm³/mol. The second kappa shape index (κ2) is 6.41. The van der Waals surface area contributed by atoms with Gasteiger partial charge in [-0.25, -0.2) is 14.8 Å². The van der Waals surface area contributed by atoms with E-state index in [0.717, 1.165) is 11.0 Å². The fraction of sp³-hybridized carbons (Fsp3) is 0.118. The fourth-order valence-electron chi connectivity index (χ4n) is 2.69. The van der Waals surface area contributed by atoms with Crippen LogP contribution in [-0.2, 0) is 4.74 Å². The third kappa shape index (κ3) is 2.92. The van der Waals surface area contributed by atoms with Crippen molar-refractivity contribution < 1.29 is 14.3 Å². The number of aromatic nitrogens is 5. The van der Waals surface area contributed by atoms with E-state index < -0.39 is 5.97 Å². The van der Waals surface area contributed by atoms with Gasteiger partial charge in [-0.3, -0.25) is 9.89 Å². The lowest BCUT2D eigenvalue weighted by atomic mass is 10.1. The van der Waals surface area contributed by atoms with Gasteiger partial charge < -0.3 is 20.8 Å². The summed E-state index contributed by atoms with van der Waals surface area (Å²) in [7, 11) is 0. The van der Waals surface area contributed by atoms with Crippen LogP contribution in [0.5, 0.6) is 0 Å². The number of hydrogen-bond donors (Lipinski definition) is 4. The molecule has 3 aromatic heterocycles. The zero-order valence-electron chi connectivity index (χ0n) is 14.2. The first-order chi connectivity index (χ1) is 13.1. The van der Waals surface area contributed by atoms with Crippen molar-refractivity contribution in [2.24, 2.45) is 0 Å². The number of imidazole rings is 1. The van der Waals surface area contributed by atoms with E-state index >= 15 is 0 Å². The highest BCUT2D eigenvalue weighted by Crippen LogP contribution is 2.24. The summed E-state index contributed by atoms with van der Waals surface area (Å²) >= 11 is 0. The maximum Gasteiger partial charge on any atom is 0.341 e. The Bertz CT molecular complexity index is 1180. The first-order valence-corrected chi connectivity index (χ1v) is 8.13. The number of nitrogen functional groups attached to an aromatic ring is 1. The van der Waals surface area contributed by atoms with Crippen LogP contribution < -0.4 is 11.1 Å². The molecule has 3 heterocycles. The van der Waals surface area contributed by atoms with Crippen LogP contribution in [0.3, 0.4) is 0 Å². The summed E-state index contributed by atoms with van der Waals surface area (Å²) in [6.45, 7) is 1.90. The lowest BCUT2D eigenvalue weighted by molar-refractivity contribution is 0.0527. The maximum absolute atomic E-state index is 12.6. The first-order valence-electron chi connectivity index (χ1n) is 8.13. The summed E-state index contributed by atoms with van der Waals surface area (Å²) in [4.78, 5) is 35.8. The standard InChI is InChI=1S/C17H15N7O3/c1-2-27-17(26)9-6-10-14(21-13(9)18)23-24-15(10)22-16(25)8-3-4-11-12(5-8)20-7-19-11/h3-7H,2H2,1H3,(H,19,20)(H4,18,21,22,23,24,25). The summed E-state index contributed by atoms with van der Waals surface area (Å²) in [6.07, 6.45) is 1.56. The number of rotatable bonds is 4. The van der Waals surface area contributed by atoms with E-state index in [4.69, 9.17) is 10.5 Å². The molecule has 0 bridgehead atoms. The SMILES string of the molecule is CCOC(=O)c1cc2c(NC(=O)c3ccc4nc[nH]c4c3)n[nH]c2nc1N. The van der Waals surface area contributed by atoms with E-state index in [0.29, 0.717) is 16.6 Å². The molecule has 0 fully saturated rings.